The Bertz CT molecular complexity index is 1330. The predicted molar refractivity (Wildman–Crippen MR) is 108 cm³/mol. The average Bonchev–Trinajstić information content (AvgIpc) is 3.23. The van der Waals surface area contributed by atoms with Crippen molar-refractivity contribution in [2.24, 2.45) is 0 Å². The second-order valence-electron chi connectivity index (χ2n) is 6.82. The highest BCUT2D eigenvalue weighted by Gasteiger charge is 2.20. The molecule has 4 rings (SSSR count). The van der Waals surface area contributed by atoms with Gasteiger partial charge in [-0.15, -0.1) is 10.2 Å². The van der Waals surface area contributed by atoms with Crippen molar-refractivity contribution >= 4 is 16.7 Å². The summed E-state index contributed by atoms with van der Waals surface area (Å²) >= 11 is 0. The zero-order valence-electron chi connectivity index (χ0n) is 16.3. The molecule has 0 aliphatic rings. The van der Waals surface area contributed by atoms with E-state index >= 15 is 0 Å². The lowest BCUT2D eigenvalue weighted by molar-refractivity contribution is -0.150. The van der Waals surface area contributed by atoms with Gasteiger partial charge >= 0.3 is 5.97 Å². The van der Waals surface area contributed by atoms with Crippen molar-refractivity contribution < 1.29 is 13.9 Å². The number of hydrogen-bond donors (Lipinski definition) is 1. The molecule has 1 N–H and O–H groups in total. The molecule has 9 heteroatoms. The third-order valence-corrected chi connectivity index (χ3v) is 4.57. The second-order valence-corrected chi connectivity index (χ2v) is 6.82. The van der Waals surface area contributed by atoms with Crippen molar-refractivity contribution in [1.29, 1.82) is 0 Å². The molecular formula is C21H18N4O5. The van der Waals surface area contributed by atoms with E-state index in [0.29, 0.717) is 5.89 Å². The fourth-order valence-electron chi connectivity index (χ4n) is 2.98. The van der Waals surface area contributed by atoms with Crippen LogP contribution in [0.25, 0.3) is 22.2 Å². The van der Waals surface area contributed by atoms with Crippen LogP contribution in [0, 0.1) is 6.92 Å². The van der Waals surface area contributed by atoms with Gasteiger partial charge in [0.2, 0.25) is 5.89 Å². The number of carbonyl (C=O) groups excluding carboxylic acids is 1. The number of aromatic nitrogens is 4. The first kappa shape index (κ1) is 19.3. The van der Waals surface area contributed by atoms with Crippen molar-refractivity contribution in [1.82, 2.24) is 20.0 Å². The molecule has 0 saturated carbocycles. The molecule has 0 saturated heterocycles. The van der Waals surface area contributed by atoms with Gasteiger partial charge in [0.05, 0.1) is 10.8 Å². The maximum absolute atomic E-state index is 12.5. The van der Waals surface area contributed by atoms with Gasteiger partial charge in [-0.05, 0) is 38.1 Å². The molecule has 1 atom stereocenters. The smallest absolute Gasteiger partial charge is 0.328 e. The first-order valence-electron chi connectivity index (χ1n) is 9.24. The number of benzene rings is 2. The summed E-state index contributed by atoms with van der Waals surface area (Å²) in [4.78, 5) is 37.0. The standard InChI is InChI=1S/C21H18N4O5/c1-12-7-9-14(10-8-12)20-23-22-19(30-20)13(2)29-17(26)11-25-21(28)16-6-4-3-5-15(16)18(27)24-25/h3-10,13H,11H2,1-2H3,(H,24,27). The maximum atomic E-state index is 12.5. The SMILES string of the molecule is Cc1ccc(-c2nnc(C(C)OC(=O)Cn3[nH]c(=O)c4ccccc4c3=O)o2)cc1. The molecule has 4 aromatic rings. The van der Waals surface area contributed by atoms with E-state index in [1.165, 1.54) is 6.07 Å². The molecular weight excluding hydrogens is 388 g/mol. The fraction of sp³-hybridized carbons (Fsp3) is 0.190. The molecule has 2 aromatic heterocycles. The Balaban J connectivity index is 1.49. The minimum Gasteiger partial charge on any atom is -0.451 e. The summed E-state index contributed by atoms with van der Waals surface area (Å²) in [5.41, 5.74) is 0.890. The number of fused-ring (bicyclic) bond motifs is 1. The van der Waals surface area contributed by atoms with E-state index in [0.717, 1.165) is 15.8 Å². The molecule has 1 unspecified atom stereocenters. The Kier molecular flexibility index (Phi) is 5.01. The van der Waals surface area contributed by atoms with Crippen LogP contribution in [-0.2, 0) is 16.1 Å². The highest BCUT2D eigenvalue weighted by molar-refractivity contribution is 5.80. The highest BCUT2D eigenvalue weighted by atomic mass is 16.6. The average molecular weight is 406 g/mol. The van der Waals surface area contributed by atoms with Crippen LogP contribution in [0.2, 0.25) is 0 Å². The summed E-state index contributed by atoms with van der Waals surface area (Å²) in [6.07, 6.45) is -0.827. The van der Waals surface area contributed by atoms with Crippen LogP contribution >= 0.6 is 0 Å². The first-order valence-corrected chi connectivity index (χ1v) is 9.24. The van der Waals surface area contributed by atoms with Gasteiger partial charge in [-0.25, -0.2) is 4.68 Å². The third kappa shape index (κ3) is 3.77. The number of H-pyrrole nitrogens is 1. The maximum Gasteiger partial charge on any atom is 0.328 e. The summed E-state index contributed by atoms with van der Waals surface area (Å²) in [6, 6.07) is 13.9. The van der Waals surface area contributed by atoms with Gasteiger partial charge in [0.1, 0.15) is 6.54 Å². The zero-order valence-corrected chi connectivity index (χ0v) is 16.3. The van der Waals surface area contributed by atoms with Crippen LogP contribution in [0.3, 0.4) is 0 Å². The molecule has 0 bridgehead atoms. The molecule has 0 fully saturated rings. The predicted octanol–water partition coefficient (Wildman–Crippen LogP) is 2.35. The van der Waals surface area contributed by atoms with E-state index in [-0.39, 0.29) is 16.7 Å². The van der Waals surface area contributed by atoms with Crippen molar-refractivity contribution in [3.05, 3.63) is 80.7 Å². The topological polar surface area (TPSA) is 120 Å². The van der Waals surface area contributed by atoms with Gasteiger partial charge in [-0.3, -0.25) is 19.5 Å². The number of aromatic amines is 1. The summed E-state index contributed by atoms with van der Waals surface area (Å²) < 4.78 is 11.8. The molecule has 30 heavy (non-hydrogen) atoms. The van der Waals surface area contributed by atoms with E-state index in [1.54, 1.807) is 25.1 Å². The van der Waals surface area contributed by atoms with E-state index in [2.05, 4.69) is 15.3 Å². The van der Waals surface area contributed by atoms with E-state index in [9.17, 15) is 14.4 Å². The third-order valence-electron chi connectivity index (χ3n) is 4.57. The zero-order chi connectivity index (χ0) is 21.3. The minimum absolute atomic E-state index is 0.123. The molecule has 0 aliphatic heterocycles. The van der Waals surface area contributed by atoms with Crippen LogP contribution in [-0.4, -0.2) is 25.9 Å². The molecule has 2 heterocycles. The first-order chi connectivity index (χ1) is 14.4. The lowest BCUT2D eigenvalue weighted by Crippen LogP contribution is -2.33. The van der Waals surface area contributed by atoms with Crippen LogP contribution in [0.4, 0.5) is 0 Å². The van der Waals surface area contributed by atoms with Crippen molar-refractivity contribution in [3.63, 3.8) is 0 Å². The Morgan fingerprint density at radius 3 is 2.53 bits per heavy atom. The molecule has 0 spiro atoms. The summed E-state index contributed by atoms with van der Waals surface area (Å²) in [5, 5.41) is 10.8. The molecule has 0 radical (unpaired) electrons. The van der Waals surface area contributed by atoms with Gasteiger partial charge in [-0.2, -0.15) is 0 Å². The fourth-order valence-corrected chi connectivity index (χ4v) is 2.98. The summed E-state index contributed by atoms with van der Waals surface area (Å²) in [6.45, 7) is 3.09. The van der Waals surface area contributed by atoms with Gasteiger partial charge in [0.25, 0.3) is 17.0 Å². The molecule has 9 nitrogen and oxygen atoms in total. The Labute approximate surface area is 169 Å². The number of nitrogens with one attached hydrogen (secondary N) is 1. The molecule has 0 amide bonds. The van der Waals surface area contributed by atoms with Crippen LogP contribution in [0.15, 0.2) is 62.5 Å². The Morgan fingerprint density at radius 2 is 1.80 bits per heavy atom. The highest BCUT2D eigenvalue weighted by Crippen LogP contribution is 2.22. The number of hydrogen-bond acceptors (Lipinski definition) is 7. The number of ether oxygens (including phenoxy) is 1. The lowest BCUT2D eigenvalue weighted by Gasteiger charge is -2.11. The number of nitrogens with zero attached hydrogens (tertiary/aromatic N) is 3. The quantitative estimate of drug-likeness (QED) is 0.505. The van der Waals surface area contributed by atoms with Gasteiger partial charge < -0.3 is 9.15 Å². The lowest BCUT2D eigenvalue weighted by atomic mass is 10.1. The van der Waals surface area contributed by atoms with Crippen molar-refractivity contribution in [3.8, 4) is 11.5 Å². The number of rotatable bonds is 5. The number of esters is 1. The van der Waals surface area contributed by atoms with Crippen molar-refractivity contribution in [2.45, 2.75) is 26.5 Å². The summed E-state index contributed by atoms with van der Waals surface area (Å²) in [5.74, 6) is -0.299. The van der Waals surface area contributed by atoms with Gasteiger partial charge in [-0.1, -0.05) is 29.8 Å². The van der Waals surface area contributed by atoms with Crippen LogP contribution < -0.4 is 11.1 Å². The van der Waals surface area contributed by atoms with Crippen molar-refractivity contribution in [2.75, 3.05) is 0 Å². The second kappa shape index (κ2) is 7.78. The van der Waals surface area contributed by atoms with Crippen LogP contribution in [0.5, 0.6) is 0 Å². The van der Waals surface area contributed by atoms with Crippen LogP contribution in [0.1, 0.15) is 24.5 Å². The Morgan fingerprint density at radius 1 is 1.10 bits per heavy atom. The normalized spacial score (nSPS) is 12.1. The Hall–Kier alpha value is -4.01. The summed E-state index contributed by atoms with van der Waals surface area (Å²) in [7, 11) is 0. The van der Waals surface area contributed by atoms with E-state index in [4.69, 9.17) is 9.15 Å². The van der Waals surface area contributed by atoms with E-state index < -0.39 is 29.7 Å². The minimum atomic E-state index is -0.827. The molecule has 0 aliphatic carbocycles. The molecule has 2 aromatic carbocycles. The van der Waals surface area contributed by atoms with E-state index in [1.807, 2.05) is 31.2 Å². The van der Waals surface area contributed by atoms with Gasteiger partial charge in [0.15, 0.2) is 6.10 Å². The van der Waals surface area contributed by atoms with Gasteiger partial charge in [0, 0.05) is 5.56 Å². The monoisotopic (exact) mass is 406 g/mol. The molecule has 152 valence electrons. The largest absolute Gasteiger partial charge is 0.451 e. The number of carbonyl (C=O) groups is 1. The number of aryl methyl sites for hydroxylation is 1.